The molecule has 27 heavy (non-hydrogen) atoms. The minimum absolute atomic E-state index is 0.123. The summed E-state index contributed by atoms with van der Waals surface area (Å²) in [6, 6.07) is 5.60. The van der Waals surface area contributed by atoms with Crippen molar-refractivity contribution in [2.24, 2.45) is 28.8 Å². The van der Waals surface area contributed by atoms with Crippen molar-refractivity contribution in [3.05, 3.63) is 35.9 Å². The molecule has 0 N–H and O–H groups in total. The van der Waals surface area contributed by atoms with Gasteiger partial charge in [0.1, 0.15) is 12.4 Å². The van der Waals surface area contributed by atoms with Gasteiger partial charge in [-0.15, -0.1) is 6.42 Å². The molecule has 1 aliphatic heterocycles. The summed E-state index contributed by atoms with van der Waals surface area (Å²) < 4.78 is 5.61. The molecule has 6 nitrogen and oxygen atoms in total. The molecule has 2 fully saturated rings. The van der Waals surface area contributed by atoms with Crippen LogP contribution >= 0.6 is 0 Å². The van der Waals surface area contributed by atoms with Crippen molar-refractivity contribution in [1.82, 2.24) is 5.01 Å². The largest absolute Gasteiger partial charge is 0.480 e. The molecule has 6 heteroatoms. The highest BCUT2D eigenvalue weighted by molar-refractivity contribution is 6.06. The number of anilines is 1. The van der Waals surface area contributed by atoms with Crippen LogP contribution in [0.15, 0.2) is 35.5 Å². The van der Waals surface area contributed by atoms with Gasteiger partial charge in [0.15, 0.2) is 0 Å². The van der Waals surface area contributed by atoms with E-state index in [0.29, 0.717) is 11.3 Å². The first-order valence-corrected chi connectivity index (χ1v) is 8.99. The SMILES string of the molecule is C#CCOc1cc(N(C)C)ccc1C=NN1C(=O)C2C3C=CC(C3)C2C1=O. The van der Waals surface area contributed by atoms with Crippen LogP contribution in [0.5, 0.6) is 5.75 Å². The summed E-state index contributed by atoms with van der Waals surface area (Å²) >= 11 is 0. The van der Waals surface area contributed by atoms with E-state index in [1.54, 1.807) is 0 Å². The third kappa shape index (κ3) is 2.80. The van der Waals surface area contributed by atoms with Gasteiger partial charge >= 0.3 is 0 Å². The van der Waals surface area contributed by atoms with Crippen LogP contribution < -0.4 is 9.64 Å². The van der Waals surface area contributed by atoms with Crippen LogP contribution in [0, 0.1) is 36.0 Å². The topological polar surface area (TPSA) is 62.2 Å². The maximum absolute atomic E-state index is 12.7. The first kappa shape index (κ1) is 17.3. The Balaban J connectivity index is 1.59. The van der Waals surface area contributed by atoms with Crippen LogP contribution in [0.25, 0.3) is 0 Å². The Morgan fingerprint density at radius 3 is 2.52 bits per heavy atom. The number of hydrazone groups is 1. The van der Waals surface area contributed by atoms with Crippen LogP contribution in [0.2, 0.25) is 0 Å². The predicted octanol–water partition coefficient (Wildman–Crippen LogP) is 1.91. The zero-order valence-electron chi connectivity index (χ0n) is 15.3. The van der Waals surface area contributed by atoms with Crippen molar-refractivity contribution in [2.75, 3.05) is 25.6 Å². The molecular weight excluding hydrogens is 342 g/mol. The Morgan fingerprint density at radius 2 is 1.93 bits per heavy atom. The number of terminal acetylenes is 1. The molecule has 0 aromatic heterocycles. The number of carbonyl (C=O) groups is 2. The third-order valence-electron chi connectivity index (χ3n) is 5.58. The number of nitrogens with zero attached hydrogens (tertiary/aromatic N) is 3. The molecule has 138 valence electrons. The van der Waals surface area contributed by atoms with Gasteiger partial charge in [0.2, 0.25) is 0 Å². The van der Waals surface area contributed by atoms with Gasteiger partial charge in [0.05, 0.1) is 18.1 Å². The molecule has 1 saturated heterocycles. The average molecular weight is 363 g/mol. The lowest BCUT2D eigenvalue weighted by molar-refractivity contribution is -0.140. The van der Waals surface area contributed by atoms with Gasteiger partial charge < -0.3 is 9.64 Å². The van der Waals surface area contributed by atoms with E-state index >= 15 is 0 Å². The van der Waals surface area contributed by atoms with Gasteiger partial charge in [0.25, 0.3) is 11.8 Å². The fourth-order valence-electron chi connectivity index (χ4n) is 4.27. The number of benzene rings is 1. The minimum atomic E-state index is -0.252. The maximum atomic E-state index is 12.7. The Labute approximate surface area is 158 Å². The first-order valence-electron chi connectivity index (χ1n) is 8.99. The molecule has 4 rings (SSSR count). The highest BCUT2D eigenvalue weighted by Crippen LogP contribution is 2.52. The number of hydrogen-bond donors (Lipinski definition) is 0. The molecule has 2 amide bonds. The lowest BCUT2D eigenvalue weighted by Gasteiger charge is -2.16. The van der Waals surface area contributed by atoms with E-state index in [1.165, 1.54) is 6.21 Å². The van der Waals surface area contributed by atoms with E-state index < -0.39 is 0 Å². The number of hydrogen-bond acceptors (Lipinski definition) is 5. The number of imide groups is 1. The fraction of sp³-hybridized carbons (Fsp3) is 0.381. The van der Waals surface area contributed by atoms with E-state index in [4.69, 9.17) is 11.2 Å². The fourth-order valence-corrected chi connectivity index (χ4v) is 4.27. The summed E-state index contributed by atoms with van der Waals surface area (Å²) in [4.78, 5) is 27.3. The summed E-state index contributed by atoms with van der Waals surface area (Å²) in [6.45, 7) is 0.123. The van der Waals surface area contributed by atoms with Gasteiger partial charge in [-0.1, -0.05) is 18.1 Å². The van der Waals surface area contributed by atoms with Gasteiger partial charge in [-0.3, -0.25) is 9.59 Å². The maximum Gasteiger partial charge on any atom is 0.254 e. The van der Waals surface area contributed by atoms with Crippen molar-refractivity contribution in [1.29, 1.82) is 0 Å². The molecular formula is C21H21N3O3. The van der Waals surface area contributed by atoms with E-state index in [0.717, 1.165) is 17.1 Å². The first-order chi connectivity index (χ1) is 13.0. The van der Waals surface area contributed by atoms with Crippen molar-refractivity contribution < 1.29 is 14.3 Å². The third-order valence-corrected chi connectivity index (χ3v) is 5.58. The van der Waals surface area contributed by atoms with Crippen molar-refractivity contribution in [3.63, 3.8) is 0 Å². The van der Waals surface area contributed by atoms with E-state index in [9.17, 15) is 9.59 Å². The van der Waals surface area contributed by atoms with Gasteiger partial charge in [-0.25, -0.2) is 0 Å². The van der Waals surface area contributed by atoms with Crippen molar-refractivity contribution >= 4 is 23.7 Å². The van der Waals surface area contributed by atoms with Crippen molar-refractivity contribution in [3.8, 4) is 18.1 Å². The Morgan fingerprint density at radius 1 is 1.26 bits per heavy atom. The van der Waals surface area contributed by atoms with Gasteiger partial charge in [-0.05, 0) is 30.4 Å². The normalized spacial score (nSPS) is 28.1. The highest BCUT2D eigenvalue weighted by atomic mass is 16.5. The molecule has 4 atom stereocenters. The predicted molar refractivity (Wildman–Crippen MR) is 102 cm³/mol. The number of allylic oxidation sites excluding steroid dienone is 2. The Hall–Kier alpha value is -3.07. The molecule has 2 aliphatic carbocycles. The second-order valence-electron chi connectivity index (χ2n) is 7.34. The van der Waals surface area contributed by atoms with Crippen LogP contribution in [-0.2, 0) is 9.59 Å². The number of fused-ring (bicyclic) bond motifs is 5. The van der Waals surface area contributed by atoms with Crippen LogP contribution in [0.1, 0.15) is 12.0 Å². The standard InChI is InChI=1S/C21H21N3O3/c1-4-9-27-17-11-16(23(2)3)8-7-15(17)12-22-24-20(25)18-13-5-6-14(10-13)19(18)21(24)26/h1,5-8,11-14,18-19H,9-10H2,2-3H3. The second-order valence-corrected chi connectivity index (χ2v) is 7.34. The van der Waals surface area contributed by atoms with Gasteiger partial charge in [-0.2, -0.15) is 10.1 Å². The van der Waals surface area contributed by atoms with E-state index in [1.807, 2.05) is 37.2 Å². The number of ether oxygens (including phenoxy) is 1. The van der Waals surface area contributed by atoms with E-state index in [2.05, 4.69) is 23.2 Å². The van der Waals surface area contributed by atoms with Crippen LogP contribution in [-0.4, -0.2) is 43.7 Å². The Kier molecular flexibility index (Phi) is 4.23. The van der Waals surface area contributed by atoms with Crippen LogP contribution in [0.4, 0.5) is 5.69 Å². The average Bonchev–Trinajstić information content (AvgIpc) is 3.33. The lowest BCUT2D eigenvalue weighted by atomic mass is 9.85. The summed E-state index contributed by atoms with van der Waals surface area (Å²) in [5.41, 5.74) is 1.61. The summed E-state index contributed by atoms with van der Waals surface area (Å²) in [7, 11) is 3.85. The van der Waals surface area contributed by atoms with Crippen LogP contribution in [0.3, 0.4) is 0 Å². The molecule has 3 aliphatic rings. The molecule has 4 unspecified atom stereocenters. The number of carbonyl (C=O) groups excluding carboxylic acids is 2. The smallest absolute Gasteiger partial charge is 0.254 e. The van der Waals surface area contributed by atoms with E-state index in [-0.39, 0.29) is 42.1 Å². The summed E-state index contributed by atoms with van der Waals surface area (Å²) in [5.74, 6) is 2.44. The van der Waals surface area contributed by atoms with Gasteiger partial charge in [0, 0.05) is 31.4 Å². The zero-order valence-corrected chi connectivity index (χ0v) is 15.3. The monoisotopic (exact) mass is 363 g/mol. The summed E-state index contributed by atoms with van der Waals surface area (Å²) in [6.07, 6.45) is 11.8. The molecule has 1 saturated carbocycles. The molecule has 0 spiro atoms. The highest BCUT2D eigenvalue weighted by Gasteiger charge is 2.59. The second kappa shape index (κ2) is 6.58. The molecule has 0 radical (unpaired) electrons. The minimum Gasteiger partial charge on any atom is -0.480 e. The zero-order chi connectivity index (χ0) is 19.1. The number of rotatable bonds is 5. The Bertz CT molecular complexity index is 866. The number of amides is 2. The van der Waals surface area contributed by atoms with Crippen molar-refractivity contribution in [2.45, 2.75) is 6.42 Å². The quantitative estimate of drug-likeness (QED) is 0.347. The lowest BCUT2D eigenvalue weighted by Crippen LogP contribution is -2.28. The molecule has 1 aromatic carbocycles. The molecule has 1 heterocycles. The molecule has 1 aromatic rings. The summed E-state index contributed by atoms with van der Waals surface area (Å²) in [5, 5.41) is 5.25. The molecule has 2 bridgehead atoms.